The van der Waals surface area contributed by atoms with Gasteiger partial charge in [-0.05, 0) is 19.5 Å². The van der Waals surface area contributed by atoms with E-state index in [9.17, 15) is 4.79 Å². The highest BCUT2D eigenvalue weighted by Crippen LogP contribution is 2.12. The smallest absolute Gasteiger partial charge is 0.164 e. The summed E-state index contributed by atoms with van der Waals surface area (Å²) in [5.41, 5.74) is 1.93. The molecule has 1 aromatic carbocycles. The molecule has 0 saturated carbocycles. The minimum atomic E-state index is 0.246. The Balaban J connectivity index is 1.99. The number of hydrogen-bond donors (Lipinski definition) is 1. The number of Topliss-reactive ketones (excluding diaryl/α,β-unsaturated/α-hetero) is 1. The minimum absolute atomic E-state index is 0.246. The van der Waals surface area contributed by atoms with Crippen LogP contribution in [0, 0.1) is 6.92 Å². The number of likely N-dealkylation sites (N-methyl/N-ethyl adjacent to an activating group) is 1. The first-order valence-electron chi connectivity index (χ1n) is 6.17. The lowest BCUT2D eigenvalue weighted by atomic mass is 9.99. The average molecular weight is 232 g/mol. The summed E-state index contributed by atoms with van der Waals surface area (Å²) in [6.07, 6.45) is 0.592. The molecule has 3 nitrogen and oxygen atoms in total. The third-order valence-electron chi connectivity index (χ3n) is 3.34. The number of aryl methyl sites for hydroxylation is 1. The van der Waals surface area contributed by atoms with E-state index in [1.165, 1.54) is 0 Å². The predicted octanol–water partition coefficient (Wildman–Crippen LogP) is 1.47. The maximum absolute atomic E-state index is 12.2. The first kappa shape index (κ1) is 12.3. The lowest BCUT2D eigenvalue weighted by Crippen LogP contribution is -2.49. The highest BCUT2D eigenvalue weighted by molar-refractivity contribution is 5.97. The van der Waals surface area contributed by atoms with E-state index in [0.29, 0.717) is 12.5 Å². The summed E-state index contributed by atoms with van der Waals surface area (Å²) in [5.74, 6) is 0.246. The molecule has 0 radical (unpaired) electrons. The SMILES string of the molecule is Cc1ccccc1C(=O)CC1CN(C)CCN1. The lowest BCUT2D eigenvalue weighted by molar-refractivity contribution is 0.0951. The monoisotopic (exact) mass is 232 g/mol. The normalized spacial score (nSPS) is 21.4. The van der Waals surface area contributed by atoms with Crippen LogP contribution in [0.5, 0.6) is 0 Å². The highest BCUT2D eigenvalue weighted by atomic mass is 16.1. The summed E-state index contributed by atoms with van der Waals surface area (Å²) in [6, 6.07) is 8.11. The van der Waals surface area contributed by atoms with E-state index in [-0.39, 0.29) is 5.78 Å². The number of nitrogens with zero attached hydrogens (tertiary/aromatic N) is 1. The minimum Gasteiger partial charge on any atom is -0.311 e. The zero-order valence-corrected chi connectivity index (χ0v) is 10.6. The second-order valence-electron chi connectivity index (χ2n) is 4.86. The molecule has 1 saturated heterocycles. The number of carbonyl (C=O) groups is 1. The quantitative estimate of drug-likeness (QED) is 0.801. The Kier molecular flexibility index (Phi) is 3.92. The molecule has 1 fully saturated rings. The highest BCUT2D eigenvalue weighted by Gasteiger charge is 2.20. The summed E-state index contributed by atoms with van der Waals surface area (Å²) in [4.78, 5) is 14.5. The van der Waals surface area contributed by atoms with Gasteiger partial charge < -0.3 is 10.2 Å². The van der Waals surface area contributed by atoms with Crippen LogP contribution in [0.1, 0.15) is 22.3 Å². The van der Waals surface area contributed by atoms with Gasteiger partial charge in [0.15, 0.2) is 5.78 Å². The molecular weight excluding hydrogens is 212 g/mol. The molecule has 0 amide bonds. The Morgan fingerprint density at radius 2 is 2.24 bits per heavy atom. The summed E-state index contributed by atoms with van der Waals surface area (Å²) in [7, 11) is 2.10. The van der Waals surface area contributed by atoms with Crippen LogP contribution in [0.4, 0.5) is 0 Å². The first-order chi connectivity index (χ1) is 8.16. The van der Waals surface area contributed by atoms with Crippen LogP contribution < -0.4 is 5.32 Å². The Morgan fingerprint density at radius 3 is 2.94 bits per heavy atom. The second-order valence-corrected chi connectivity index (χ2v) is 4.86. The van der Waals surface area contributed by atoms with Crippen molar-refractivity contribution in [1.82, 2.24) is 10.2 Å². The van der Waals surface area contributed by atoms with Gasteiger partial charge in [0.1, 0.15) is 0 Å². The van der Waals surface area contributed by atoms with E-state index in [0.717, 1.165) is 30.8 Å². The predicted molar refractivity (Wildman–Crippen MR) is 69.4 cm³/mol. The fourth-order valence-corrected chi connectivity index (χ4v) is 2.35. The van der Waals surface area contributed by atoms with E-state index >= 15 is 0 Å². The molecule has 1 aliphatic rings. The van der Waals surface area contributed by atoms with Gasteiger partial charge in [-0.1, -0.05) is 24.3 Å². The molecule has 2 rings (SSSR count). The molecule has 0 aliphatic carbocycles. The van der Waals surface area contributed by atoms with Gasteiger partial charge in [0.05, 0.1) is 0 Å². The molecule has 0 aromatic heterocycles. The number of ketones is 1. The van der Waals surface area contributed by atoms with Crippen LogP contribution >= 0.6 is 0 Å². The molecule has 1 aromatic rings. The molecule has 17 heavy (non-hydrogen) atoms. The average Bonchev–Trinajstić information content (AvgIpc) is 2.29. The number of benzene rings is 1. The van der Waals surface area contributed by atoms with Crippen molar-refractivity contribution in [3.05, 3.63) is 35.4 Å². The standard InChI is InChI=1S/C14H20N2O/c1-11-5-3-4-6-13(11)14(17)9-12-10-16(2)8-7-15-12/h3-6,12,15H,7-10H2,1-2H3. The Hall–Kier alpha value is -1.19. The van der Waals surface area contributed by atoms with Crippen LogP contribution in [0.15, 0.2) is 24.3 Å². The van der Waals surface area contributed by atoms with E-state index in [4.69, 9.17) is 0 Å². The molecule has 1 aliphatic heterocycles. The van der Waals surface area contributed by atoms with Gasteiger partial charge in [0.2, 0.25) is 0 Å². The van der Waals surface area contributed by atoms with Gasteiger partial charge in [-0.2, -0.15) is 0 Å². The van der Waals surface area contributed by atoms with Crippen molar-refractivity contribution in [2.75, 3.05) is 26.7 Å². The van der Waals surface area contributed by atoms with Gasteiger partial charge in [0.25, 0.3) is 0 Å². The summed E-state index contributed by atoms with van der Waals surface area (Å²) in [6.45, 7) is 4.99. The Morgan fingerprint density at radius 1 is 1.47 bits per heavy atom. The van der Waals surface area contributed by atoms with E-state index in [2.05, 4.69) is 17.3 Å². The van der Waals surface area contributed by atoms with Crippen LogP contribution in [0.2, 0.25) is 0 Å². The van der Waals surface area contributed by atoms with Crippen molar-refractivity contribution in [2.24, 2.45) is 0 Å². The number of hydrogen-bond acceptors (Lipinski definition) is 3. The van der Waals surface area contributed by atoms with Crippen LogP contribution in [-0.4, -0.2) is 43.4 Å². The molecule has 1 N–H and O–H groups in total. The van der Waals surface area contributed by atoms with Gasteiger partial charge in [-0.3, -0.25) is 4.79 Å². The number of piperazine rings is 1. The molecule has 1 atom stereocenters. The van der Waals surface area contributed by atoms with Crippen LogP contribution in [0.3, 0.4) is 0 Å². The fraction of sp³-hybridized carbons (Fsp3) is 0.500. The maximum atomic E-state index is 12.2. The van der Waals surface area contributed by atoms with Gasteiger partial charge in [0, 0.05) is 37.7 Å². The van der Waals surface area contributed by atoms with E-state index < -0.39 is 0 Å². The largest absolute Gasteiger partial charge is 0.311 e. The molecule has 3 heteroatoms. The zero-order chi connectivity index (χ0) is 12.3. The molecule has 92 valence electrons. The molecule has 1 heterocycles. The lowest BCUT2D eigenvalue weighted by Gasteiger charge is -2.30. The van der Waals surface area contributed by atoms with Gasteiger partial charge in [-0.25, -0.2) is 0 Å². The number of nitrogens with one attached hydrogen (secondary N) is 1. The molecule has 0 spiro atoms. The van der Waals surface area contributed by atoms with Crippen molar-refractivity contribution in [2.45, 2.75) is 19.4 Å². The van der Waals surface area contributed by atoms with Crippen molar-refractivity contribution < 1.29 is 4.79 Å². The second kappa shape index (κ2) is 5.43. The van der Waals surface area contributed by atoms with Crippen molar-refractivity contribution in [1.29, 1.82) is 0 Å². The number of rotatable bonds is 3. The fourth-order valence-electron chi connectivity index (χ4n) is 2.35. The van der Waals surface area contributed by atoms with Crippen molar-refractivity contribution in [3.63, 3.8) is 0 Å². The summed E-state index contributed by atoms with van der Waals surface area (Å²) < 4.78 is 0. The summed E-state index contributed by atoms with van der Waals surface area (Å²) >= 11 is 0. The first-order valence-corrected chi connectivity index (χ1v) is 6.17. The van der Waals surface area contributed by atoms with E-state index in [1.54, 1.807) is 0 Å². The van der Waals surface area contributed by atoms with Crippen LogP contribution in [0.25, 0.3) is 0 Å². The van der Waals surface area contributed by atoms with E-state index in [1.807, 2.05) is 31.2 Å². The third-order valence-corrected chi connectivity index (χ3v) is 3.34. The topological polar surface area (TPSA) is 32.3 Å². The van der Waals surface area contributed by atoms with Gasteiger partial charge in [-0.15, -0.1) is 0 Å². The van der Waals surface area contributed by atoms with Crippen molar-refractivity contribution in [3.8, 4) is 0 Å². The van der Waals surface area contributed by atoms with Gasteiger partial charge >= 0.3 is 0 Å². The zero-order valence-electron chi connectivity index (χ0n) is 10.6. The van der Waals surface area contributed by atoms with Crippen LogP contribution in [-0.2, 0) is 0 Å². The summed E-state index contributed by atoms with van der Waals surface area (Å²) in [5, 5.41) is 3.41. The Bertz CT molecular complexity index is 403. The van der Waals surface area contributed by atoms with Crippen molar-refractivity contribution >= 4 is 5.78 Å². The molecular formula is C14H20N2O. The maximum Gasteiger partial charge on any atom is 0.164 e. The number of carbonyl (C=O) groups excluding carboxylic acids is 1. The Labute approximate surface area is 103 Å². The third kappa shape index (κ3) is 3.14. The molecule has 1 unspecified atom stereocenters. The molecule has 0 bridgehead atoms.